The van der Waals surface area contributed by atoms with E-state index in [1.807, 2.05) is 72.8 Å². The van der Waals surface area contributed by atoms with Crippen molar-refractivity contribution in [2.45, 2.75) is 37.2 Å². The van der Waals surface area contributed by atoms with Crippen molar-refractivity contribution >= 4 is 86.3 Å². The molecule has 0 saturated heterocycles. The predicted octanol–water partition coefficient (Wildman–Crippen LogP) is 17.0. The van der Waals surface area contributed by atoms with Gasteiger partial charge in [0, 0.05) is 56.1 Å². The Kier molecular flexibility index (Phi) is 22.9. The molecule has 10 aromatic rings. The van der Waals surface area contributed by atoms with Crippen LogP contribution in [0.3, 0.4) is 0 Å². The minimum atomic E-state index is -5.86. The summed E-state index contributed by atoms with van der Waals surface area (Å²) in [5.74, 6) is 2.76. The summed E-state index contributed by atoms with van der Waals surface area (Å²) in [6.45, 7) is 0. The van der Waals surface area contributed by atoms with Gasteiger partial charge in [0.25, 0.3) is 0 Å². The molecule has 0 aliphatic heterocycles. The summed E-state index contributed by atoms with van der Waals surface area (Å²) in [7, 11) is -12.4. The number of nitrogens with zero attached hydrogens (tertiary/aromatic N) is 2. The summed E-state index contributed by atoms with van der Waals surface area (Å²) in [4.78, 5) is 7.70. The molecule has 0 spiro atoms. The number of alkyl halides is 6. The van der Waals surface area contributed by atoms with Crippen molar-refractivity contribution in [2.75, 3.05) is 36.5 Å². The quantitative estimate of drug-likeness (QED) is 0.0252. The van der Waals surface area contributed by atoms with E-state index in [9.17, 15) is 43.2 Å². The van der Waals surface area contributed by atoms with Crippen LogP contribution >= 0.6 is 0 Å². The molecule has 0 aliphatic rings. The molecule has 0 amide bonds. The number of para-hydroxylation sites is 1. The third kappa shape index (κ3) is 19.1. The third-order valence-electron chi connectivity index (χ3n) is 13.4. The molecule has 0 bridgehead atoms. The van der Waals surface area contributed by atoms with Crippen molar-refractivity contribution in [3.05, 3.63) is 272 Å². The molecule has 0 aliphatic carbocycles. The van der Waals surface area contributed by atoms with Crippen LogP contribution in [-0.2, 0) is 63.7 Å². The first kappa shape index (κ1) is 69.0. The van der Waals surface area contributed by atoms with E-state index in [4.69, 9.17) is 26.6 Å². The number of hydrogen-bond donors (Lipinski definition) is 1. The van der Waals surface area contributed by atoms with Crippen LogP contribution in [0.5, 0.6) is 23.0 Å². The zero-order valence-corrected chi connectivity index (χ0v) is 53.6. The molecular formula is C68H60F6N2O11S5+2. The topological polar surface area (TPSA) is 166 Å². The van der Waals surface area contributed by atoms with Crippen LogP contribution in [0.4, 0.5) is 60.5 Å². The average Bonchev–Trinajstić information content (AvgIpc) is 1.41. The van der Waals surface area contributed by atoms with E-state index in [0.717, 1.165) is 68.1 Å². The minimum Gasteiger partial charge on any atom is -0.497 e. The van der Waals surface area contributed by atoms with Crippen LogP contribution < -0.4 is 27.6 Å². The van der Waals surface area contributed by atoms with E-state index in [-0.39, 0.29) is 27.5 Å². The van der Waals surface area contributed by atoms with Crippen LogP contribution in [0.2, 0.25) is 0 Å². The fourth-order valence-electron chi connectivity index (χ4n) is 8.97. The van der Waals surface area contributed by atoms with Crippen LogP contribution in [0, 0.1) is 0 Å². The van der Waals surface area contributed by atoms with Crippen LogP contribution in [-0.4, -0.2) is 67.6 Å². The monoisotopic (exact) mass is 1350 g/mol. The minimum absolute atomic E-state index is 0.0803. The SMILES string of the molecule is COc1ccc([S+](Cc2ccc(N(c3ccc(OS(C)(=O)=O)cc3)c3ccc(OS(=O)(=O)C(F)(F)F)cc3)cc2)c2ccc(OC)cc2)cc1.C[S+](Cc1ccc(N(c2ccccc2)c2ccc(-c3ccccc3)cc2)cc1)c1ccccc1.O=S(=O)(O)C(F)(F)F. The lowest BCUT2D eigenvalue weighted by atomic mass is 10.0. The van der Waals surface area contributed by atoms with Gasteiger partial charge in [0.2, 0.25) is 0 Å². The number of hydrogen-bond acceptors (Lipinski definition) is 12. The molecule has 10 rings (SSSR count). The highest BCUT2D eigenvalue weighted by Gasteiger charge is 2.48. The van der Waals surface area contributed by atoms with Crippen molar-refractivity contribution in [3.8, 4) is 34.1 Å². The summed E-state index contributed by atoms with van der Waals surface area (Å²) in [5.41, 5.74) is -1.17. The van der Waals surface area contributed by atoms with Crippen LogP contribution in [0.25, 0.3) is 11.1 Å². The maximum absolute atomic E-state index is 12.9. The number of ether oxygens (including phenoxy) is 2. The maximum atomic E-state index is 12.9. The second-order valence-corrected chi connectivity index (χ2v) is 28.5. The fourth-order valence-corrected chi connectivity index (χ4v) is 13.4. The van der Waals surface area contributed by atoms with Gasteiger partial charge in [-0.1, -0.05) is 103 Å². The van der Waals surface area contributed by atoms with Gasteiger partial charge in [0.1, 0.15) is 40.8 Å². The zero-order chi connectivity index (χ0) is 66.3. The summed E-state index contributed by atoms with van der Waals surface area (Å²) in [6.07, 6.45) is 3.25. The summed E-state index contributed by atoms with van der Waals surface area (Å²) < 4.78 is 162. The standard InChI is InChI=1S/C35H31F3NO8S3.C32H28NS.CHF3O3S/c1-44-29-16-20-33(21-17-29)48(34-22-18-30(45-2)19-23-34)24-25-4-6-26(7-5-25)39(27-8-12-31(13-9-27)46-49(3,40)41)28-10-14-32(15-11-28)47-50(42,43)35(36,37)38;1-34(32-15-9-4-10-16-32)25-26-17-21-30(22-18-26)33(29-13-7-3-8-14-29)31-23-19-28(20-24-31)27-11-5-2-6-12-27;2-1(3,4)8(5,6)7/h4-23H,24H2,1-3H3;2-24H,25H2,1H3;(H,5,6,7)/q2*+1;. The first-order valence-corrected chi connectivity index (χ1v) is 35.3. The fraction of sp³-hybridized carbons (Fsp3) is 0.118. The molecule has 478 valence electrons. The maximum Gasteiger partial charge on any atom is 0.534 e. The van der Waals surface area contributed by atoms with Gasteiger partial charge in [0.05, 0.1) is 31.4 Å². The number of halogens is 6. The molecule has 1 atom stereocenters. The summed E-state index contributed by atoms with van der Waals surface area (Å²) in [5, 5.41) is 0. The van der Waals surface area contributed by atoms with Gasteiger partial charge in [-0.2, -0.15) is 51.6 Å². The highest BCUT2D eigenvalue weighted by Crippen LogP contribution is 2.40. The van der Waals surface area contributed by atoms with E-state index in [1.165, 1.54) is 45.9 Å². The molecule has 1 N–H and O–H groups in total. The second-order valence-electron chi connectivity index (χ2n) is 19.9. The molecule has 24 heteroatoms. The highest BCUT2D eigenvalue weighted by molar-refractivity contribution is 7.96. The molecule has 0 aromatic heterocycles. The molecule has 0 saturated carbocycles. The first-order chi connectivity index (χ1) is 43.7. The van der Waals surface area contributed by atoms with Crippen molar-refractivity contribution in [1.29, 1.82) is 0 Å². The normalized spacial score (nSPS) is 12.0. The molecule has 1 unspecified atom stereocenters. The number of methoxy groups -OCH3 is 2. The van der Waals surface area contributed by atoms with Crippen molar-refractivity contribution in [1.82, 2.24) is 0 Å². The van der Waals surface area contributed by atoms with E-state index < -0.39 is 47.1 Å². The van der Waals surface area contributed by atoms with Crippen molar-refractivity contribution in [3.63, 3.8) is 0 Å². The third-order valence-corrected chi connectivity index (χ3v) is 19.6. The van der Waals surface area contributed by atoms with Crippen molar-refractivity contribution < 1.29 is 74.0 Å². The number of rotatable bonds is 20. The second kappa shape index (κ2) is 30.5. The lowest BCUT2D eigenvalue weighted by molar-refractivity contribution is -0.0512. The van der Waals surface area contributed by atoms with E-state index in [2.05, 4.69) is 155 Å². The van der Waals surface area contributed by atoms with Gasteiger partial charge < -0.3 is 27.6 Å². The Morgan fingerprint density at radius 2 is 0.696 bits per heavy atom. The Bertz CT molecular complexity index is 4270. The molecule has 0 radical (unpaired) electrons. The number of benzene rings is 10. The molecule has 92 heavy (non-hydrogen) atoms. The average molecular weight is 1360 g/mol. The van der Waals surface area contributed by atoms with E-state index >= 15 is 0 Å². The Balaban J connectivity index is 0.000000223. The molecule has 13 nitrogen and oxygen atoms in total. The van der Waals surface area contributed by atoms with Crippen LogP contribution in [0.1, 0.15) is 11.1 Å². The first-order valence-electron chi connectivity index (χ1n) is 27.5. The lowest BCUT2D eigenvalue weighted by Gasteiger charge is -2.26. The summed E-state index contributed by atoms with van der Waals surface area (Å²) in [6, 6.07) is 84.4. The summed E-state index contributed by atoms with van der Waals surface area (Å²) >= 11 is 0. The van der Waals surface area contributed by atoms with Gasteiger partial charge in [-0.3, -0.25) is 4.55 Å². The van der Waals surface area contributed by atoms with Gasteiger partial charge in [-0.15, -0.1) is 0 Å². The Labute approximate surface area is 536 Å². The van der Waals surface area contributed by atoms with Crippen molar-refractivity contribution in [2.24, 2.45) is 0 Å². The van der Waals surface area contributed by atoms with Gasteiger partial charge in [-0.25, -0.2) is 0 Å². The van der Waals surface area contributed by atoms with Crippen LogP contribution in [0.15, 0.2) is 276 Å². The molecule has 0 heterocycles. The Morgan fingerprint density at radius 1 is 0.380 bits per heavy atom. The number of anilines is 6. The largest absolute Gasteiger partial charge is 0.534 e. The van der Waals surface area contributed by atoms with E-state index in [1.54, 1.807) is 31.3 Å². The molecule has 0 fully saturated rings. The smallest absolute Gasteiger partial charge is 0.497 e. The Morgan fingerprint density at radius 3 is 1.07 bits per heavy atom. The van der Waals surface area contributed by atoms with Gasteiger partial charge in [-0.05, 0) is 169 Å². The van der Waals surface area contributed by atoms with Gasteiger partial charge in [0.15, 0.2) is 14.7 Å². The molecular weight excluding hydrogens is 1300 g/mol. The predicted molar refractivity (Wildman–Crippen MR) is 352 cm³/mol. The van der Waals surface area contributed by atoms with Gasteiger partial charge >= 0.3 is 41.4 Å². The lowest BCUT2D eigenvalue weighted by Crippen LogP contribution is -2.28. The Hall–Kier alpha value is -8.91. The highest BCUT2D eigenvalue weighted by atomic mass is 32.2. The van der Waals surface area contributed by atoms with E-state index in [0.29, 0.717) is 22.8 Å². The zero-order valence-electron chi connectivity index (χ0n) is 49.5. The molecule has 10 aromatic carbocycles.